The molecule has 0 saturated heterocycles. The minimum atomic E-state index is -0.522. The van der Waals surface area contributed by atoms with Crippen LogP contribution in [-0.2, 0) is 0 Å². The van der Waals surface area contributed by atoms with Gasteiger partial charge >= 0.3 is 0 Å². The third-order valence-corrected chi connectivity index (χ3v) is 10.9. The Hall–Kier alpha value is -6.87. The van der Waals surface area contributed by atoms with Crippen LogP contribution in [0.3, 0.4) is 0 Å². The van der Waals surface area contributed by atoms with Gasteiger partial charge in [0.25, 0.3) is 0 Å². The summed E-state index contributed by atoms with van der Waals surface area (Å²) in [6.07, 6.45) is 3.84. The number of rotatable bonds is 6. The van der Waals surface area contributed by atoms with E-state index in [1.807, 2.05) is 30.3 Å². The Morgan fingerprint density at radius 1 is 0.444 bits per heavy atom. The van der Waals surface area contributed by atoms with Gasteiger partial charge in [0.05, 0.1) is 5.71 Å². The molecular weight excluding hydrogens is 653 g/mol. The Labute approximate surface area is 314 Å². The summed E-state index contributed by atoms with van der Waals surface area (Å²) in [6, 6.07) is 67.3. The molecule has 10 aromatic carbocycles. The van der Waals surface area contributed by atoms with E-state index in [-0.39, 0.29) is 0 Å². The third kappa shape index (κ3) is 5.44. The lowest BCUT2D eigenvalue weighted by atomic mass is 9.87. The zero-order valence-corrected chi connectivity index (χ0v) is 29.7. The predicted octanol–water partition coefficient (Wildman–Crippen LogP) is 13.4. The van der Waals surface area contributed by atoms with Gasteiger partial charge in [-0.25, -0.2) is 0 Å². The minimum absolute atomic E-state index is 0.522. The van der Waals surface area contributed by atoms with Gasteiger partial charge in [-0.2, -0.15) is 0 Å². The molecule has 0 aliphatic carbocycles. The first-order chi connectivity index (χ1) is 26.7. The Morgan fingerprint density at radius 2 is 1.06 bits per heavy atom. The normalized spacial score (nSPS) is 12.9. The standard InChI is InChI=1S/C52H36N2/c53-52(38-15-2-1-3-16-38)54-49(47-24-12-18-37-26-25-35-14-5-8-21-42(35)50(37)47)32-29-36-28-30-45(44-23-11-10-19-40(36)44)51-43-22-9-6-17-39(43)33-48-41-20-7-4-13-34(41)27-31-46(48)51/h1-33,52H,53H2/b32-29+,54-49?. The lowest BCUT2D eigenvalue weighted by molar-refractivity contribution is 0.778. The quantitative estimate of drug-likeness (QED) is 0.105. The number of aliphatic imine (C=N–C) groups is 1. The molecular formula is C52H36N2. The fraction of sp³-hybridized carbons (Fsp3) is 0.0192. The second kappa shape index (κ2) is 13.3. The highest BCUT2D eigenvalue weighted by atomic mass is 14.9. The predicted molar refractivity (Wildman–Crippen MR) is 232 cm³/mol. The number of hydrogen-bond donors (Lipinski definition) is 1. The van der Waals surface area contributed by atoms with Crippen LogP contribution in [0.5, 0.6) is 0 Å². The van der Waals surface area contributed by atoms with E-state index in [1.54, 1.807) is 0 Å². The number of fused-ring (bicyclic) bond motifs is 8. The van der Waals surface area contributed by atoms with E-state index in [0.29, 0.717) is 0 Å². The molecule has 54 heavy (non-hydrogen) atoms. The average Bonchev–Trinajstić information content (AvgIpc) is 3.24. The Morgan fingerprint density at radius 3 is 1.87 bits per heavy atom. The van der Waals surface area contributed by atoms with Crippen molar-refractivity contribution in [2.24, 2.45) is 10.7 Å². The van der Waals surface area contributed by atoms with Crippen LogP contribution in [0.1, 0.15) is 22.9 Å². The molecule has 0 aromatic heterocycles. The van der Waals surface area contributed by atoms with Gasteiger partial charge in [-0.15, -0.1) is 0 Å². The highest BCUT2D eigenvalue weighted by Crippen LogP contribution is 2.42. The Balaban J connectivity index is 1.18. The summed E-state index contributed by atoms with van der Waals surface area (Å²) in [4.78, 5) is 5.24. The molecule has 10 aromatic rings. The molecule has 2 nitrogen and oxygen atoms in total. The van der Waals surface area contributed by atoms with E-state index >= 15 is 0 Å². The number of nitrogens with two attached hydrogens (primary N) is 1. The minimum Gasteiger partial charge on any atom is -0.306 e. The van der Waals surface area contributed by atoms with Gasteiger partial charge in [0, 0.05) is 5.56 Å². The van der Waals surface area contributed by atoms with Gasteiger partial charge < -0.3 is 5.73 Å². The maximum atomic E-state index is 6.84. The third-order valence-electron chi connectivity index (χ3n) is 10.9. The number of allylic oxidation sites excluding steroid dienone is 1. The maximum Gasteiger partial charge on any atom is 0.123 e. The molecule has 0 fully saturated rings. The number of hydrogen-bond acceptors (Lipinski definition) is 2. The summed E-state index contributed by atoms with van der Waals surface area (Å²) in [5.74, 6) is 0. The topological polar surface area (TPSA) is 38.4 Å². The molecule has 0 amide bonds. The highest BCUT2D eigenvalue weighted by molar-refractivity contribution is 6.25. The first-order valence-corrected chi connectivity index (χ1v) is 18.5. The summed E-state index contributed by atoms with van der Waals surface area (Å²) in [5.41, 5.74) is 13.3. The van der Waals surface area contributed by atoms with Crippen molar-refractivity contribution in [1.29, 1.82) is 0 Å². The second-order valence-electron chi connectivity index (χ2n) is 14.0. The summed E-state index contributed by atoms with van der Waals surface area (Å²) < 4.78 is 0. The van der Waals surface area contributed by atoms with Crippen LogP contribution in [-0.4, -0.2) is 5.71 Å². The van der Waals surface area contributed by atoms with Crippen molar-refractivity contribution >= 4 is 76.4 Å². The van der Waals surface area contributed by atoms with Crippen LogP contribution < -0.4 is 5.73 Å². The van der Waals surface area contributed by atoms with E-state index < -0.39 is 6.17 Å². The average molecular weight is 689 g/mol. The Kier molecular flexibility index (Phi) is 7.83. The molecule has 0 aliphatic rings. The summed E-state index contributed by atoms with van der Waals surface area (Å²) in [6.45, 7) is 0. The van der Waals surface area contributed by atoms with E-state index in [2.05, 4.69) is 170 Å². The van der Waals surface area contributed by atoms with Crippen molar-refractivity contribution < 1.29 is 0 Å². The van der Waals surface area contributed by atoms with Gasteiger partial charge in [-0.1, -0.05) is 188 Å². The highest BCUT2D eigenvalue weighted by Gasteiger charge is 2.16. The molecule has 0 radical (unpaired) electrons. The Bertz CT molecular complexity index is 3120. The van der Waals surface area contributed by atoms with Crippen molar-refractivity contribution in [2.75, 3.05) is 0 Å². The lowest BCUT2D eigenvalue weighted by Crippen LogP contribution is -2.11. The summed E-state index contributed by atoms with van der Waals surface area (Å²) >= 11 is 0. The van der Waals surface area contributed by atoms with E-state index in [4.69, 9.17) is 10.7 Å². The molecule has 2 heteroatoms. The van der Waals surface area contributed by atoms with Crippen LogP contribution in [0.2, 0.25) is 0 Å². The van der Waals surface area contributed by atoms with Crippen LogP contribution in [0.25, 0.3) is 81.8 Å². The molecule has 0 heterocycles. The zero-order valence-electron chi connectivity index (χ0n) is 29.7. The fourth-order valence-electron chi connectivity index (χ4n) is 8.31. The first kappa shape index (κ1) is 31.8. The van der Waals surface area contributed by atoms with Crippen molar-refractivity contribution in [3.05, 3.63) is 211 Å². The number of nitrogens with zero attached hydrogens (tertiary/aromatic N) is 1. The van der Waals surface area contributed by atoms with Crippen molar-refractivity contribution in [1.82, 2.24) is 0 Å². The van der Waals surface area contributed by atoms with Gasteiger partial charge in [0.2, 0.25) is 0 Å². The molecule has 1 unspecified atom stereocenters. The molecule has 2 N–H and O–H groups in total. The molecule has 0 saturated carbocycles. The monoisotopic (exact) mass is 688 g/mol. The SMILES string of the molecule is NC(N=C(/C=C/c1ccc(-c2c3ccccc3cc3c2ccc2ccccc23)c2ccccc12)c1cccc2ccc3ccccc3c12)c1ccccc1. The van der Waals surface area contributed by atoms with Crippen LogP contribution in [0.15, 0.2) is 199 Å². The van der Waals surface area contributed by atoms with E-state index in [0.717, 1.165) is 22.4 Å². The van der Waals surface area contributed by atoms with Crippen molar-refractivity contribution in [3.63, 3.8) is 0 Å². The van der Waals surface area contributed by atoms with Crippen LogP contribution >= 0.6 is 0 Å². The summed E-state index contributed by atoms with van der Waals surface area (Å²) in [7, 11) is 0. The molecule has 10 rings (SSSR count). The lowest BCUT2D eigenvalue weighted by Gasteiger charge is -2.17. The summed E-state index contributed by atoms with van der Waals surface area (Å²) in [5, 5.41) is 14.7. The van der Waals surface area contributed by atoms with Gasteiger partial charge in [-0.05, 0) is 99.0 Å². The molecule has 254 valence electrons. The zero-order chi connectivity index (χ0) is 36.0. The maximum absolute atomic E-state index is 6.84. The van der Waals surface area contributed by atoms with Crippen molar-refractivity contribution in [2.45, 2.75) is 6.17 Å². The van der Waals surface area contributed by atoms with Crippen molar-refractivity contribution in [3.8, 4) is 11.1 Å². The smallest absolute Gasteiger partial charge is 0.123 e. The largest absolute Gasteiger partial charge is 0.306 e. The fourth-order valence-corrected chi connectivity index (χ4v) is 8.31. The second-order valence-corrected chi connectivity index (χ2v) is 14.0. The molecule has 0 bridgehead atoms. The van der Waals surface area contributed by atoms with E-state index in [1.165, 1.54) is 75.8 Å². The van der Waals surface area contributed by atoms with Crippen LogP contribution in [0.4, 0.5) is 0 Å². The number of benzene rings is 10. The first-order valence-electron chi connectivity index (χ1n) is 18.5. The molecule has 0 spiro atoms. The van der Waals surface area contributed by atoms with Gasteiger partial charge in [0.15, 0.2) is 0 Å². The van der Waals surface area contributed by atoms with E-state index in [9.17, 15) is 0 Å². The van der Waals surface area contributed by atoms with Crippen LogP contribution in [0, 0.1) is 0 Å². The molecule has 1 atom stereocenters. The molecule has 0 aliphatic heterocycles. The van der Waals surface area contributed by atoms with Gasteiger partial charge in [0.1, 0.15) is 6.17 Å². The van der Waals surface area contributed by atoms with Gasteiger partial charge in [-0.3, -0.25) is 4.99 Å².